The Balaban J connectivity index is 0.00000405. The van der Waals surface area contributed by atoms with Crippen LogP contribution in [0.15, 0.2) is 36.7 Å². The minimum atomic E-state index is -1.10. The van der Waals surface area contributed by atoms with Crippen molar-refractivity contribution in [3.8, 4) is 5.75 Å². The molecule has 3 heterocycles. The van der Waals surface area contributed by atoms with Gasteiger partial charge in [-0.05, 0) is 48.6 Å². The fourth-order valence-electron chi connectivity index (χ4n) is 5.62. The number of benzene rings is 2. The first-order chi connectivity index (χ1) is 19.4. The zero-order valence-corrected chi connectivity index (χ0v) is 25.6. The van der Waals surface area contributed by atoms with Crippen LogP contribution in [0.4, 0.5) is 0 Å². The fraction of sp³-hybridized carbons (Fsp3) is 0.367. The summed E-state index contributed by atoms with van der Waals surface area (Å²) < 4.78 is 29.6. The molecule has 4 aromatic rings. The van der Waals surface area contributed by atoms with E-state index in [9.17, 15) is 19.2 Å². The molecule has 5 rings (SSSR count). The third kappa shape index (κ3) is 5.82. The van der Waals surface area contributed by atoms with E-state index < -0.39 is 48.4 Å². The van der Waals surface area contributed by atoms with Crippen LogP contribution in [0.5, 0.6) is 5.75 Å². The Morgan fingerprint density at radius 2 is 1.50 bits per heavy atom. The first kappa shape index (κ1) is 30.9. The first-order valence-electron chi connectivity index (χ1n) is 13.2. The lowest BCUT2D eigenvalue weighted by atomic mass is 9.96. The summed E-state index contributed by atoms with van der Waals surface area (Å²) in [5.74, 6) is -1.76. The summed E-state index contributed by atoms with van der Waals surface area (Å²) >= 11 is 0. The molecule has 1 fully saturated rings. The number of aromatic nitrogens is 2. The van der Waals surface area contributed by atoms with Crippen molar-refractivity contribution in [3.05, 3.63) is 47.8 Å². The minimum absolute atomic E-state index is 0. The molecule has 0 unspecified atom stereocenters. The van der Waals surface area contributed by atoms with Crippen LogP contribution in [0.2, 0.25) is 0 Å². The van der Waals surface area contributed by atoms with Gasteiger partial charge in [0.25, 0.3) is 0 Å². The number of hydrogen-bond acceptors (Lipinski definition) is 9. The van der Waals surface area contributed by atoms with E-state index in [1.807, 2.05) is 38.2 Å². The minimum Gasteiger partial charge on any atom is -1.00 e. The number of esters is 4. The molecular weight excluding hydrogens is 612 g/mol. The van der Waals surface area contributed by atoms with Crippen LogP contribution in [0.25, 0.3) is 32.6 Å². The second kappa shape index (κ2) is 12.1. The summed E-state index contributed by atoms with van der Waals surface area (Å²) in [7, 11) is 0. The van der Waals surface area contributed by atoms with Gasteiger partial charge < -0.3 is 45.6 Å². The second-order valence-corrected chi connectivity index (χ2v) is 10.2. The van der Waals surface area contributed by atoms with Crippen molar-refractivity contribution in [3.63, 3.8) is 0 Å². The smallest absolute Gasteiger partial charge is 0.308 e. The SMILES string of the molecule is CC(=O)Oc1ccc2[nH]c3c(C)c4cc[n+]([C@H]5OC[C@H](OC(C)=O)[C@H](OC(C)=O)[C@@H]5OC(C)=O)cc4c(C)c3c2c1.[Br-]. The van der Waals surface area contributed by atoms with E-state index >= 15 is 0 Å². The number of H-pyrrole nitrogens is 1. The largest absolute Gasteiger partial charge is 1.00 e. The van der Waals surface area contributed by atoms with Crippen molar-refractivity contribution in [1.29, 1.82) is 0 Å². The third-order valence-electron chi connectivity index (χ3n) is 7.19. The van der Waals surface area contributed by atoms with E-state index in [1.165, 1.54) is 27.7 Å². The Labute approximate surface area is 251 Å². The number of halogens is 1. The van der Waals surface area contributed by atoms with Gasteiger partial charge in [0.2, 0.25) is 6.10 Å². The summed E-state index contributed by atoms with van der Waals surface area (Å²) in [4.78, 5) is 50.9. The number of carbonyl (C=O) groups is 4. The number of carbonyl (C=O) groups excluding carboxylic acids is 4. The van der Waals surface area contributed by atoms with Crippen LogP contribution in [0.3, 0.4) is 0 Å². The molecule has 11 nitrogen and oxygen atoms in total. The molecule has 222 valence electrons. The zero-order chi connectivity index (χ0) is 29.6. The van der Waals surface area contributed by atoms with Crippen molar-refractivity contribution in [1.82, 2.24) is 4.98 Å². The van der Waals surface area contributed by atoms with Crippen molar-refractivity contribution in [2.45, 2.75) is 66.1 Å². The lowest BCUT2D eigenvalue weighted by Gasteiger charge is -2.37. The van der Waals surface area contributed by atoms with Gasteiger partial charge in [0.05, 0.1) is 12.1 Å². The summed E-state index contributed by atoms with van der Waals surface area (Å²) in [5.41, 5.74) is 3.85. The molecule has 2 aromatic carbocycles. The molecule has 4 atom stereocenters. The van der Waals surface area contributed by atoms with Crippen molar-refractivity contribution < 1.29 is 64.4 Å². The van der Waals surface area contributed by atoms with E-state index in [1.54, 1.807) is 16.8 Å². The maximum absolute atomic E-state index is 12.1. The summed E-state index contributed by atoms with van der Waals surface area (Å²) in [6.45, 7) is 9.02. The van der Waals surface area contributed by atoms with E-state index in [-0.39, 0.29) is 23.6 Å². The highest BCUT2D eigenvalue weighted by Crippen LogP contribution is 2.38. The lowest BCUT2D eigenvalue weighted by Crippen LogP contribution is -3.00. The molecule has 0 saturated carbocycles. The van der Waals surface area contributed by atoms with Gasteiger partial charge in [-0.3, -0.25) is 19.2 Å². The zero-order valence-electron chi connectivity index (χ0n) is 24.0. The Morgan fingerprint density at radius 1 is 0.833 bits per heavy atom. The maximum atomic E-state index is 12.1. The molecule has 1 N–H and O–H groups in total. The Bertz CT molecular complexity index is 1730. The Kier molecular flexibility index (Phi) is 8.88. The van der Waals surface area contributed by atoms with Gasteiger partial charge in [-0.1, -0.05) is 0 Å². The Hall–Kier alpha value is -4.03. The van der Waals surface area contributed by atoms with Crippen LogP contribution in [0, 0.1) is 13.8 Å². The number of rotatable bonds is 5. The molecule has 0 aliphatic carbocycles. The second-order valence-electron chi connectivity index (χ2n) is 10.2. The first-order valence-corrected chi connectivity index (χ1v) is 13.2. The number of pyridine rings is 1. The molecule has 2 aromatic heterocycles. The van der Waals surface area contributed by atoms with Gasteiger partial charge >= 0.3 is 30.1 Å². The number of aryl methyl sites for hydroxylation is 2. The highest BCUT2D eigenvalue weighted by atomic mass is 79.9. The standard InChI is InChI=1S/C30H30N2O9.BrH/c1-14-23-12-32(30-29(41-19(6)36)28(40-18(5)35)25(13-37-30)39-17(4)34)10-9-21(23)15(2)27-26(14)22-11-20(38-16(3)33)7-8-24(22)31-27;/h7-12,25,28-30H,13H2,1-6H3;1H/t25-,28-,29-,30-;/m0./s1. The number of fused-ring (bicyclic) bond motifs is 4. The van der Waals surface area contributed by atoms with Crippen molar-refractivity contribution >= 4 is 56.5 Å². The van der Waals surface area contributed by atoms with Gasteiger partial charge in [-0.25, -0.2) is 0 Å². The van der Waals surface area contributed by atoms with E-state index in [4.69, 9.17) is 23.7 Å². The van der Waals surface area contributed by atoms with E-state index in [2.05, 4.69) is 4.98 Å². The van der Waals surface area contributed by atoms with E-state index in [0.29, 0.717) is 5.75 Å². The summed E-state index contributed by atoms with van der Waals surface area (Å²) in [5, 5.41) is 3.79. The molecule has 0 spiro atoms. The van der Waals surface area contributed by atoms with Crippen LogP contribution >= 0.6 is 0 Å². The van der Waals surface area contributed by atoms with Gasteiger partial charge in [-0.15, -0.1) is 0 Å². The van der Waals surface area contributed by atoms with Crippen molar-refractivity contribution in [2.75, 3.05) is 6.61 Å². The highest BCUT2D eigenvalue weighted by Gasteiger charge is 2.51. The molecule has 12 heteroatoms. The summed E-state index contributed by atoms with van der Waals surface area (Å²) in [6, 6.07) is 7.41. The average molecular weight is 643 g/mol. The maximum Gasteiger partial charge on any atom is 0.308 e. The average Bonchev–Trinajstić information content (AvgIpc) is 3.27. The molecule has 0 bridgehead atoms. The van der Waals surface area contributed by atoms with Gasteiger partial charge in [0.1, 0.15) is 5.75 Å². The number of nitrogens with zero attached hydrogens (tertiary/aromatic N) is 1. The predicted octanol–water partition coefficient (Wildman–Crippen LogP) is 0.632. The molecular formula is C30H31BrN2O9. The monoisotopic (exact) mass is 642 g/mol. The molecule has 42 heavy (non-hydrogen) atoms. The van der Waals surface area contributed by atoms with Crippen LogP contribution in [-0.4, -0.2) is 53.8 Å². The number of aromatic amines is 1. The van der Waals surface area contributed by atoms with Crippen LogP contribution < -0.4 is 26.3 Å². The molecule has 0 radical (unpaired) electrons. The van der Waals surface area contributed by atoms with Crippen LogP contribution in [0.1, 0.15) is 45.0 Å². The van der Waals surface area contributed by atoms with Gasteiger partial charge in [0.15, 0.2) is 24.6 Å². The predicted molar refractivity (Wildman–Crippen MR) is 146 cm³/mol. The molecule has 1 aliphatic rings. The van der Waals surface area contributed by atoms with E-state index in [0.717, 1.165) is 43.7 Å². The highest BCUT2D eigenvalue weighted by molar-refractivity contribution is 6.16. The van der Waals surface area contributed by atoms with Crippen molar-refractivity contribution in [2.24, 2.45) is 0 Å². The van der Waals surface area contributed by atoms with Crippen LogP contribution in [-0.2, 0) is 38.1 Å². The normalized spacial score (nSPS) is 20.1. The number of nitrogens with one attached hydrogen (secondary N) is 1. The molecule has 1 aliphatic heterocycles. The Morgan fingerprint density at radius 3 is 2.14 bits per heavy atom. The number of hydrogen-bond donors (Lipinski definition) is 1. The fourth-order valence-corrected chi connectivity index (χ4v) is 5.62. The number of ether oxygens (including phenoxy) is 5. The quantitative estimate of drug-likeness (QED) is 0.144. The lowest BCUT2D eigenvalue weighted by molar-refractivity contribution is -0.773. The summed E-state index contributed by atoms with van der Waals surface area (Å²) in [6.07, 6.45) is -0.320. The topological polar surface area (TPSA) is 134 Å². The molecule has 0 amide bonds. The van der Waals surface area contributed by atoms with Gasteiger partial charge in [-0.2, -0.15) is 4.57 Å². The molecule has 1 saturated heterocycles. The third-order valence-corrected chi connectivity index (χ3v) is 7.19. The van der Waals surface area contributed by atoms with Gasteiger partial charge in [0, 0.05) is 55.4 Å².